The quantitative estimate of drug-likeness (QED) is 0.600. The number of aromatic nitrogens is 2. The Kier molecular flexibility index (Phi) is 6.03. The maximum absolute atomic E-state index is 12.5. The molecule has 8 nitrogen and oxygen atoms in total. The van der Waals surface area contributed by atoms with Crippen molar-refractivity contribution in [3.63, 3.8) is 0 Å². The summed E-state index contributed by atoms with van der Waals surface area (Å²) in [5.41, 5.74) is 0.544. The van der Waals surface area contributed by atoms with Gasteiger partial charge in [0.15, 0.2) is 0 Å². The van der Waals surface area contributed by atoms with Gasteiger partial charge in [-0.25, -0.2) is 4.79 Å². The maximum Gasteiger partial charge on any atom is 0.347 e. The highest BCUT2D eigenvalue weighted by Crippen LogP contribution is 2.26. The van der Waals surface area contributed by atoms with E-state index in [4.69, 9.17) is 9.15 Å². The van der Waals surface area contributed by atoms with Crippen LogP contribution in [-0.4, -0.2) is 53.9 Å². The Morgan fingerprint density at radius 2 is 2.10 bits per heavy atom. The van der Waals surface area contributed by atoms with E-state index < -0.39 is 5.63 Å². The number of hydrogen-bond acceptors (Lipinski definition) is 6. The number of nitrogens with one attached hydrogen (secondary N) is 1. The van der Waals surface area contributed by atoms with Crippen LogP contribution < -0.4 is 15.7 Å². The topological polar surface area (TPSA) is 89.6 Å². The summed E-state index contributed by atoms with van der Waals surface area (Å²) in [6, 6.07) is 5.82. The molecule has 0 radical (unpaired) electrons. The van der Waals surface area contributed by atoms with Crippen LogP contribution in [0.2, 0.25) is 0 Å². The van der Waals surface area contributed by atoms with E-state index >= 15 is 0 Å². The molecule has 0 atom stereocenters. The van der Waals surface area contributed by atoms with Crippen LogP contribution in [0, 0.1) is 0 Å². The highest BCUT2D eigenvalue weighted by atomic mass is 16.5. The molecule has 1 aliphatic rings. The van der Waals surface area contributed by atoms with Gasteiger partial charge in [-0.15, -0.1) is 0 Å². The van der Waals surface area contributed by atoms with Crippen molar-refractivity contribution < 1.29 is 13.9 Å². The van der Waals surface area contributed by atoms with Gasteiger partial charge in [0.2, 0.25) is 5.91 Å². The molecule has 3 aromatic rings. The standard InChI is InChI=1S/C22H28N4O4/c1-25(15-6-4-3-5-7-15)11-10-23-20(27)14-26-21-17-12-16(29-2)8-9-19(17)30-22(28)18(21)13-24-26/h8-9,12-13,15H,3-7,10-11,14H2,1-2H3,(H,23,27). The molecule has 1 saturated carbocycles. The molecule has 0 aliphatic heterocycles. The molecule has 30 heavy (non-hydrogen) atoms. The average Bonchev–Trinajstić information content (AvgIpc) is 3.18. The number of methoxy groups -OCH3 is 1. The third-order valence-corrected chi connectivity index (χ3v) is 5.98. The molecule has 0 unspecified atom stereocenters. The van der Waals surface area contributed by atoms with Gasteiger partial charge in [0.25, 0.3) is 0 Å². The zero-order chi connectivity index (χ0) is 21.1. The van der Waals surface area contributed by atoms with Gasteiger partial charge < -0.3 is 19.4 Å². The summed E-state index contributed by atoms with van der Waals surface area (Å²) in [6.45, 7) is 1.44. The Bertz CT molecular complexity index is 1100. The van der Waals surface area contributed by atoms with Gasteiger partial charge in [-0.05, 0) is 38.1 Å². The van der Waals surface area contributed by atoms with Crippen LogP contribution in [0.4, 0.5) is 0 Å². The monoisotopic (exact) mass is 412 g/mol. The second-order valence-corrected chi connectivity index (χ2v) is 7.94. The van der Waals surface area contributed by atoms with Gasteiger partial charge in [0.1, 0.15) is 23.3 Å². The zero-order valence-corrected chi connectivity index (χ0v) is 17.5. The van der Waals surface area contributed by atoms with Crippen LogP contribution in [0.3, 0.4) is 0 Å². The van der Waals surface area contributed by atoms with Crippen molar-refractivity contribution in [2.75, 3.05) is 27.2 Å². The molecule has 1 aromatic carbocycles. The lowest BCUT2D eigenvalue weighted by Gasteiger charge is -2.31. The van der Waals surface area contributed by atoms with E-state index in [9.17, 15) is 9.59 Å². The Morgan fingerprint density at radius 3 is 2.87 bits per heavy atom. The molecule has 1 amide bonds. The van der Waals surface area contributed by atoms with Crippen LogP contribution >= 0.6 is 0 Å². The number of carbonyl (C=O) groups is 1. The van der Waals surface area contributed by atoms with E-state index in [1.807, 2.05) is 0 Å². The van der Waals surface area contributed by atoms with E-state index in [0.29, 0.717) is 40.2 Å². The first-order valence-corrected chi connectivity index (χ1v) is 10.5. The van der Waals surface area contributed by atoms with Gasteiger partial charge in [-0.3, -0.25) is 9.48 Å². The van der Waals surface area contributed by atoms with Crippen molar-refractivity contribution in [2.45, 2.75) is 44.7 Å². The number of benzene rings is 1. The number of fused-ring (bicyclic) bond motifs is 3. The predicted molar refractivity (Wildman–Crippen MR) is 115 cm³/mol. The lowest BCUT2D eigenvalue weighted by atomic mass is 9.94. The fourth-order valence-corrected chi connectivity index (χ4v) is 4.27. The first-order valence-electron chi connectivity index (χ1n) is 10.5. The average molecular weight is 412 g/mol. The summed E-state index contributed by atoms with van der Waals surface area (Å²) in [6.07, 6.45) is 7.84. The predicted octanol–water partition coefficient (Wildman–Crippen LogP) is 2.53. The van der Waals surface area contributed by atoms with Gasteiger partial charge in [-0.1, -0.05) is 19.3 Å². The van der Waals surface area contributed by atoms with Gasteiger partial charge in [0.05, 0.1) is 18.8 Å². The fraction of sp³-hybridized carbons (Fsp3) is 0.500. The van der Waals surface area contributed by atoms with E-state index in [2.05, 4.69) is 22.4 Å². The molecule has 1 N–H and O–H groups in total. The summed E-state index contributed by atoms with van der Waals surface area (Å²) in [5.74, 6) is 0.502. The van der Waals surface area contributed by atoms with Gasteiger partial charge >= 0.3 is 5.63 Å². The zero-order valence-electron chi connectivity index (χ0n) is 17.5. The third-order valence-electron chi connectivity index (χ3n) is 5.98. The van der Waals surface area contributed by atoms with E-state index in [-0.39, 0.29) is 12.5 Å². The first kappa shape index (κ1) is 20.4. The summed E-state index contributed by atoms with van der Waals surface area (Å²) in [7, 11) is 3.70. The van der Waals surface area contributed by atoms with E-state index in [1.165, 1.54) is 38.3 Å². The molecular weight excluding hydrogens is 384 g/mol. The molecule has 160 valence electrons. The summed E-state index contributed by atoms with van der Waals surface area (Å²) in [4.78, 5) is 27.2. The van der Waals surface area contributed by atoms with Crippen LogP contribution in [-0.2, 0) is 11.3 Å². The van der Waals surface area contributed by atoms with E-state index in [0.717, 1.165) is 6.54 Å². The van der Waals surface area contributed by atoms with Crippen molar-refractivity contribution in [2.24, 2.45) is 0 Å². The minimum Gasteiger partial charge on any atom is -0.497 e. The molecular formula is C22H28N4O4. The molecule has 4 rings (SSSR count). The van der Waals surface area contributed by atoms with Crippen molar-refractivity contribution in [1.82, 2.24) is 20.0 Å². The van der Waals surface area contributed by atoms with Crippen LogP contribution in [0.5, 0.6) is 5.75 Å². The van der Waals surface area contributed by atoms with E-state index in [1.54, 1.807) is 30.0 Å². The van der Waals surface area contributed by atoms with Crippen molar-refractivity contribution in [3.05, 3.63) is 34.8 Å². The number of carbonyl (C=O) groups excluding carboxylic acids is 1. The van der Waals surface area contributed by atoms with Crippen molar-refractivity contribution in [1.29, 1.82) is 0 Å². The second kappa shape index (κ2) is 8.87. The number of amides is 1. The minimum absolute atomic E-state index is 0.0341. The number of ether oxygens (including phenoxy) is 1. The normalized spacial score (nSPS) is 15.2. The summed E-state index contributed by atoms with van der Waals surface area (Å²) >= 11 is 0. The minimum atomic E-state index is -0.469. The van der Waals surface area contributed by atoms with Crippen molar-refractivity contribution >= 4 is 27.8 Å². The first-order chi connectivity index (χ1) is 14.6. The number of rotatable bonds is 7. The molecule has 2 aromatic heterocycles. The second-order valence-electron chi connectivity index (χ2n) is 7.94. The molecule has 1 aliphatic carbocycles. The lowest BCUT2D eigenvalue weighted by molar-refractivity contribution is -0.121. The van der Waals surface area contributed by atoms with Gasteiger partial charge in [0, 0.05) is 24.5 Å². The van der Waals surface area contributed by atoms with Gasteiger partial charge in [-0.2, -0.15) is 5.10 Å². The highest BCUT2D eigenvalue weighted by Gasteiger charge is 2.18. The molecule has 0 spiro atoms. The van der Waals surface area contributed by atoms with Crippen LogP contribution in [0.25, 0.3) is 21.9 Å². The third kappa shape index (κ3) is 4.18. The maximum atomic E-state index is 12.5. The smallest absolute Gasteiger partial charge is 0.347 e. The highest BCUT2D eigenvalue weighted by molar-refractivity contribution is 6.02. The molecule has 0 bridgehead atoms. The Morgan fingerprint density at radius 1 is 1.30 bits per heavy atom. The fourth-order valence-electron chi connectivity index (χ4n) is 4.27. The summed E-state index contributed by atoms with van der Waals surface area (Å²) in [5, 5.41) is 8.27. The summed E-state index contributed by atoms with van der Waals surface area (Å²) < 4.78 is 12.2. The SMILES string of the molecule is COc1ccc2oc(=O)c3cnn(CC(=O)NCCN(C)C4CCCCC4)c3c2c1. The molecule has 1 fully saturated rings. The largest absolute Gasteiger partial charge is 0.497 e. The van der Waals surface area contributed by atoms with Crippen LogP contribution in [0.1, 0.15) is 32.1 Å². The molecule has 0 saturated heterocycles. The van der Waals surface area contributed by atoms with Crippen molar-refractivity contribution in [3.8, 4) is 5.75 Å². The number of hydrogen-bond donors (Lipinski definition) is 1. The lowest BCUT2D eigenvalue weighted by Crippen LogP contribution is -2.40. The Hall–Kier alpha value is -2.87. The Labute approximate surface area is 174 Å². The Balaban J connectivity index is 1.46. The number of nitrogens with zero attached hydrogens (tertiary/aromatic N) is 3. The molecule has 2 heterocycles. The van der Waals surface area contributed by atoms with Crippen LogP contribution in [0.15, 0.2) is 33.6 Å². The molecule has 8 heteroatoms. The number of likely N-dealkylation sites (N-methyl/N-ethyl adjacent to an activating group) is 1.